The number of rotatable bonds is 11. The maximum absolute atomic E-state index is 12.8. The first-order chi connectivity index (χ1) is 17.7. The van der Waals surface area contributed by atoms with Crippen LogP contribution in [0.2, 0.25) is 0 Å². The van der Waals surface area contributed by atoms with Gasteiger partial charge in [-0.1, -0.05) is 32.1 Å². The van der Waals surface area contributed by atoms with Gasteiger partial charge in [0.1, 0.15) is 16.6 Å². The molecular weight excluding hydrogens is 516 g/mol. The van der Waals surface area contributed by atoms with Gasteiger partial charge in [-0.3, -0.25) is 9.79 Å². The number of aliphatic imine (C=N–C) groups is 1. The van der Waals surface area contributed by atoms with Gasteiger partial charge in [0.15, 0.2) is 0 Å². The molecule has 0 saturated heterocycles. The number of hydrogen-bond donors (Lipinski definition) is 1. The summed E-state index contributed by atoms with van der Waals surface area (Å²) in [5.41, 5.74) is 5.94. The van der Waals surface area contributed by atoms with Gasteiger partial charge in [-0.15, -0.1) is 46.5 Å². The fourth-order valence-electron chi connectivity index (χ4n) is 4.20. The van der Waals surface area contributed by atoms with Crippen molar-refractivity contribution in [2.24, 2.45) is 16.6 Å². The first-order valence-electron chi connectivity index (χ1n) is 12.7. The van der Waals surface area contributed by atoms with Crippen molar-refractivity contribution in [2.45, 2.75) is 77.6 Å². The van der Waals surface area contributed by atoms with Crippen LogP contribution in [-0.2, 0) is 16.0 Å². The molecule has 0 atom stereocenters. The summed E-state index contributed by atoms with van der Waals surface area (Å²) >= 11 is 2.89. The second-order valence-corrected chi connectivity index (χ2v) is 11.5. The highest BCUT2D eigenvalue weighted by atomic mass is 32.2. The fourth-order valence-corrected chi connectivity index (χ4v) is 5.79. The summed E-state index contributed by atoms with van der Waals surface area (Å²) in [7, 11) is 0. The number of aromatic nitrogens is 2. The van der Waals surface area contributed by atoms with Crippen molar-refractivity contribution >= 4 is 35.7 Å². The molecule has 2 N–H and O–H groups in total. The Morgan fingerprint density at radius 3 is 2.49 bits per heavy atom. The van der Waals surface area contributed by atoms with E-state index < -0.39 is 12.5 Å². The van der Waals surface area contributed by atoms with Gasteiger partial charge in [0.05, 0.1) is 18.1 Å². The normalized spacial score (nSPS) is 17.2. The number of carbonyl (C=O) groups is 1. The molecule has 1 fully saturated rings. The monoisotopic (exact) mass is 559 g/mol. The zero-order valence-corrected chi connectivity index (χ0v) is 24.0. The Balaban J connectivity index is 0.000000475. The number of amides is 1. The van der Waals surface area contributed by atoms with Crippen molar-refractivity contribution in [2.75, 3.05) is 32.2 Å². The summed E-state index contributed by atoms with van der Waals surface area (Å²) in [6, 6.07) is 0. The average molecular weight is 560 g/mol. The SMILES string of the molecule is C=C.C=NC1=C(SCOCC(C)(F)F)CCN(CCC2CCCCC2)CC1.Cc1nnc(CC(N)=O)s1. The number of halogens is 2. The predicted octanol–water partition coefficient (Wildman–Crippen LogP) is 6.00. The molecule has 0 bridgehead atoms. The van der Waals surface area contributed by atoms with Crippen molar-refractivity contribution in [3.05, 3.63) is 33.8 Å². The van der Waals surface area contributed by atoms with E-state index in [9.17, 15) is 13.6 Å². The maximum Gasteiger partial charge on any atom is 0.268 e. The molecule has 37 heavy (non-hydrogen) atoms. The van der Waals surface area contributed by atoms with Gasteiger partial charge in [-0.2, -0.15) is 0 Å². The van der Waals surface area contributed by atoms with E-state index in [1.54, 1.807) is 0 Å². The lowest BCUT2D eigenvalue weighted by molar-refractivity contribution is -0.117. The van der Waals surface area contributed by atoms with Crippen LogP contribution in [0.1, 0.15) is 68.3 Å². The lowest BCUT2D eigenvalue weighted by atomic mass is 9.87. The van der Waals surface area contributed by atoms with Gasteiger partial charge in [0.2, 0.25) is 5.91 Å². The van der Waals surface area contributed by atoms with Gasteiger partial charge >= 0.3 is 0 Å². The van der Waals surface area contributed by atoms with E-state index in [0.29, 0.717) is 5.01 Å². The van der Waals surface area contributed by atoms with Crippen molar-refractivity contribution in [3.63, 3.8) is 0 Å². The Hall–Kier alpha value is -1.69. The molecule has 1 aromatic rings. The third-order valence-corrected chi connectivity index (χ3v) is 7.89. The van der Waals surface area contributed by atoms with Gasteiger partial charge in [-0.05, 0) is 38.9 Å². The van der Waals surface area contributed by atoms with Crippen LogP contribution in [0.4, 0.5) is 8.78 Å². The second-order valence-electron chi connectivity index (χ2n) is 9.20. The molecule has 1 aliphatic carbocycles. The Labute approximate surface area is 229 Å². The van der Waals surface area contributed by atoms with Crippen LogP contribution in [0.5, 0.6) is 0 Å². The maximum atomic E-state index is 12.8. The number of nitrogens with two attached hydrogens (primary N) is 1. The Kier molecular flexibility index (Phi) is 16.7. The molecule has 0 spiro atoms. The van der Waals surface area contributed by atoms with Crippen LogP contribution < -0.4 is 5.73 Å². The van der Waals surface area contributed by atoms with E-state index in [2.05, 4.69) is 40.0 Å². The second kappa shape index (κ2) is 18.5. The van der Waals surface area contributed by atoms with Gasteiger partial charge in [-0.25, -0.2) is 8.78 Å². The lowest BCUT2D eigenvalue weighted by Crippen LogP contribution is -2.28. The molecule has 7 nitrogen and oxygen atoms in total. The Morgan fingerprint density at radius 1 is 1.24 bits per heavy atom. The molecule has 0 radical (unpaired) electrons. The minimum Gasteiger partial charge on any atom is -0.369 e. The van der Waals surface area contributed by atoms with E-state index in [4.69, 9.17) is 10.5 Å². The van der Waals surface area contributed by atoms with E-state index in [-0.39, 0.29) is 18.3 Å². The molecule has 0 aromatic carbocycles. The highest BCUT2D eigenvalue weighted by molar-refractivity contribution is 8.02. The summed E-state index contributed by atoms with van der Waals surface area (Å²) in [5.74, 6) is -1.98. The molecule has 1 aliphatic heterocycles. The van der Waals surface area contributed by atoms with E-state index >= 15 is 0 Å². The third kappa shape index (κ3) is 15.3. The van der Waals surface area contributed by atoms with E-state index in [0.717, 1.165) is 60.9 Å². The fraction of sp³-hybridized carbons (Fsp3) is 0.692. The van der Waals surface area contributed by atoms with Crippen molar-refractivity contribution in [3.8, 4) is 0 Å². The number of hydrogen-bond acceptors (Lipinski definition) is 8. The number of ether oxygens (including phenoxy) is 1. The van der Waals surface area contributed by atoms with Crippen LogP contribution in [0, 0.1) is 12.8 Å². The minimum absolute atomic E-state index is 0.200. The molecule has 1 saturated carbocycles. The molecular formula is C26H43F2N5O2S2. The molecule has 3 rings (SSSR count). The summed E-state index contributed by atoms with van der Waals surface area (Å²) in [6.07, 6.45) is 10.3. The number of aryl methyl sites for hydroxylation is 1. The lowest BCUT2D eigenvalue weighted by Gasteiger charge is -2.26. The summed E-state index contributed by atoms with van der Waals surface area (Å²) in [6.45, 7) is 15.1. The largest absolute Gasteiger partial charge is 0.369 e. The molecule has 2 aliphatic rings. The van der Waals surface area contributed by atoms with Crippen LogP contribution in [0.15, 0.2) is 28.8 Å². The first-order valence-corrected chi connectivity index (χ1v) is 14.5. The standard InChI is InChI=1S/C19H32F2N2OS.C5H7N3OS.C2H4/c1-19(20,21)14-24-15-25-18-10-13-23(12-9-17(18)22-2)11-8-16-6-4-3-5-7-16;1-3-7-8-5(10-3)2-4(6)9;1-2/h16H,2-15H2,1H3;2H2,1H3,(H2,6,9);1-2H2. The number of primary amides is 1. The number of thioether (sulfide) groups is 1. The first kappa shape index (κ1) is 33.3. The average Bonchev–Trinajstić information content (AvgIpc) is 3.16. The minimum atomic E-state index is -2.77. The molecule has 210 valence electrons. The molecule has 11 heteroatoms. The van der Waals surface area contributed by atoms with Crippen LogP contribution in [-0.4, -0.2) is 65.8 Å². The quantitative estimate of drug-likeness (QED) is 0.155. The zero-order valence-electron chi connectivity index (χ0n) is 22.4. The number of alkyl halides is 2. The van der Waals surface area contributed by atoms with E-state index in [1.165, 1.54) is 61.6 Å². The molecule has 0 unspecified atom stereocenters. The number of carbonyl (C=O) groups excluding carboxylic acids is 1. The van der Waals surface area contributed by atoms with Crippen LogP contribution in [0.3, 0.4) is 0 Å². The number of nitrogens with zero attached hydrogens (tertiary/aromatic N) is 4. The van der Waals surface area contributed by atoms with E-state index in [1.807, 2.05) is 6.92 Å². The smallest absolute Gasteiger partial charge is 0.268 e. The Bertz CT molecular complexity index is 839. The van der Waals surface area contributed by atoms with Crippen LogP contribution >= 0.6 is 23.1 Å². The topological polar surface area (TPSA) is 93.7 Å². The predicted molar refractivity (Wildman–Crippen MR) is 151 cm³/mol. The van der Waals surface area contributed by atoms with Crippen molar-refractivity contribution < 1.29 is 18.3 Å². The summed E-state index contributed by atoms with van der Waals surface area (Å²) < 4.78 is 30.7. The highest BCUT2D eigenvalue weighted by Crippen LogP contribution is 2.31. The Morgan fingerprint density at radius 2 is 1.92 bits per heavy atom. The van der Waals surface area contributed by atoms with Crippen molar-refractivity contribution in [1.29, 1.82) is 0 Å². The third-order valence-electron chi connectivity index (χ3n) is 5.98. The molecule has 2 heterocycles. The summed E-state index contributed by atoms with van der Waals surface area (Å²) in [5, 5.41) is 9.00. The molecule has 1 amide bonds. The zero-order chi connectivity index (χ0) is 27.7. The van der Waals surface area contributed by atoms with Crippen LogP contribution in [0.25, 0.3) is 0 Å². The van der Waals surface area contributed by atoms with Gasteiger partial charge in [0, 0.05) is 31.3 Å². The summed E-state index contributed by atoms with van der Waals surface area (Å²) in [4.78, 5) is 18.2. The van der Waals surface area contributed by atoms with Gasteiger partial charge in [0.25, 0.3) is 5.92 Å². The van der Waals surface area contributed by atoms with Gasteiger partial charge < -0.3 is 15.4 Å². The van der Waals surface area contributed by atoms with Crippen molar-refractivity contribution in [1.82, 2.24) is 15.1 Å². The molecule has 1 aromatic heterocycles. The highest BCUT2D eigenvalue weighted by Gasteiger charge is 2.22.